The molecule has 1 aromatic carbocycles. The first-order valence-corrected chi connectivity index (χ1v) is 9.42. The van der Waals surface area contributed by atoms with Crippen LogP contribution in [0.1, 0.15) is 44.0 Å². The smallest absolute Gasteiger partial charge is 0.193 e. The highest BCUT2D eigenvalue weighted by Gasteiger charge is 2.25. The third-order valence-corrected chi connectivity index (χ3v) is 5.08. The maximum Gasteiger partial charge on any atom is 0.193 e. The summed E-state index contributed by atoms with van der Waals surface area (Å²) in [5, 5.41) is 10.6. The number of hydrogen-bond donors (Lipinski definition) is 2. The average molecular weight is 482 g/mol. The summed E-state index contributed by atoms with van der Waals surface area (Å²) >= 11 is 0. The lowest BCUT2D eigenvalue weighted by molar-refractivity contribution is 0.289. The summed E-state index contributed by atoms with van der Waals surface area (Å²) in [7, 11) is 1.87. The third kappa shape index (κ3) is 6.19. The van der Waals surface area contributed by atoms with Gasteiger partial charge in [-0.25, -0.2) is 4.98 Å². The van der Waals surface area contributed by atoms with Gasteiger partial charge >= 0.3 is 0 Å². The predicted octanol–water partition coefficient (Wildman–Crippen LogP) is 3.45. The largest absolute Gasteiger partial charge is 0.356 e. The van der Waals surface area contributed by atoms with Crippen LogP contribution in [0.5, 0.6) is 0 Å². The Labute approximate surface area is 179 Å². The minimum absolute atomic E-state index is 0. The first-order chi connectivity index (χ1) is 12.6. The van der Waals surface area contributed by atoms with Gasteiger partial charge in [0.15, 0.2) is 5.96 Å². The third-order valence-electron chi connectivity index (χ3n) is 5.08. The van der Waals surface area contributed by atoms with Gasteiger partial charge in [-0.05, 0) is 30.2 Å². The quantitative estimate of drug-likeness (QED) is 0.389. The monoisotopic (exact) mass is 482 g/mol. The Kier molecular flexibility index (Phi) is 8.07. The SMILES string of the molecule is CN=C(NCC(C)(C)Cc1ccccc1)N1CCC(c2ncn[nH]2)CC1.I. The summed E-state index contributed by atoms with van der Waals surface area (Å²) in [6, 6.07) is 10.7. The molecule has 2 heterocycles. The molecular formula is C20H31IN6. The van der Waals surface area contributed by atoms with E-state index >= 15 is 0 Å². The zero-order chi connectivity index (χ0) is 18.4. The summed E-state index contributed by atoms with van der Waals surface area (Å²) in [6.45, 7) is 7.48. The van der Waals surface area contributed by atoms with Gasteiger partial charge in [-0.1, -0.05) is 44.2 Å². The van der Waals surface area contributed by atoms with E-state index in [0.717, 1.165) is 50.7 Å². The second-order valence-electron chi connectivity index (χ2n) is 7.86. The molecule has 0 bridgehead atoms. The highest BCUT2D eigenvalue weighted by molar-refractivity contribution is 14.0. The van der Waals surface area contributed by atoms with Crippen LogP contribution in [0.3, 0.4) is 0 Å². The Hall–Kier alpha value is -1.64. The van der Waals surface area contributed by atoms with Gasteiger partial charge in [-0.2, -0.15) is 5.10 Å². The number of hydrogen-bond acceptors (Lipinski definition) is 3. The molecule has 1 aliphatic heterocycles. The van der Waals surface area contributed by atoms with Crippen molar-refractivity contribution in [2.24, 2.45) is 10.4 Å². The fourth-order valence-electron chi connectivity index (χ4n) is 3.64. The number of H-pyrrole nitrogens is 1. The number of aliphatic imine (C=N–C) groups is 1. The first kappa shape index (κ1) is 21.7. The Morgan fingerprint density at radius 1 is 1.26 bits per heavy atom. The van der Waals surface area contributed by atoms with Crippen molar-refractivity contribution >= 4 is 29.9 Å². The minimum atomic E-state index is 0. The number of nitrogens with zero attached hydrogens (tertiary/aromatic N) is 4. The van der Waals surface area contributed by atoms with Crippen molar-refractivity contribution in [1.29, 1.82) is 0 Å². The van der Waals surface area contributed by atoms with Crippen molar-refractivity contribution in [3.63, 3.8) is 0 Å². The van der Waals surface area contributed by atoms with E-state index < -0.39 is 0 Å². The van der Waals surface area contributed by atoms with Crippen LogP contribution in [0, 0.1) is 5.41 Å². The minimum Gasteiger partial charge on any atom is -0.356 e. The highest BCUT2D eigenvalue weighted by atomic mass is 127. The molecule has 7 heteroatoms. The Bertz CT molecular complexity index is 691. The molecule has 2 aromatic rings. The number of aromatic amines is 1. The van der Waals surface area contributed by atoms with Crippen molar-refractivity contribution in [3.05, 3.63) is 48.0 Å². The second-order valence-corrected chi connectivity index (χ2v) is 7.86. The summed E-state index contributed by atoms with van der Waals surface area (Å²) in [6.07, 6.45) is 4.79. The average Bonchev–Trinajstić information content (AvgIpc) is 3.18. The Morgan fingerprint density at radius 3 is 2.56 bits per heavy atom. The number of piperidine rings is 1. The van der Waals surface area contributed by atoms with Gasteiger partial charge in [0, 0.05) is 32.6 Å². The molecule has 0 unspecified atom stereocenters. The van der Waals surface area contributed by atoms with Crippen molar-refractivity contribution in [3.8, 4) is 0 Å². The summed E-state index contributed by atoms with van der Waals surface area (Å²) in [5.74, 6) is 2.49. The van der Waals surface area contributed by atoms with Crippen molar-refractivity contribution in [1.82, 2.24) is 25.4 Å². The van der Waals surface area contributed by atoms with Gasteiger partial charge < -0.3 is 10.2 Å². The summed E-state index contributed by atoms with van der Waals surface area (Å²) in [5.41, 5.74) is 1.54. The van der Waals surface area contributed by atoms with E-state index in [1.807, 2.05) is 7.05 Å². The molecular weight excluding hydrogens is 451 g/mol. The lowest BCUT2D eigenvalue weighted by Crippen LogP contribution is -2.48. The second kappa shape index (κ2) is 10.1. The molecule has 6 nitrogen and oxygen atoms in total. The van der Waals surface area contributed by atoms with E-state index in [-0.39, 0.29) is 29.4 Å². The van der Waals surface area contributed by atoms with Gasteiger partial charge in [0.05, 0.1) is 0 Å². The fourth-order valence-corrected chi connectivity index (χ4v) is 3.64. The molecule has 3 rings (SSSR count). The van der Waals surface area contributed by atoms with Crippen LogP contribution < -0.4 is 5.32 Å². The standard InChI is InChI=1S/C20H30N6.HI/c1-20(2,13-16-7-5-4-6-8-16)14-22-19(21-3)26-11-9-17(10-12-26)18-23-15-24-25-18;/h4-8,15,17H,9-14H2,1-3H3,(H,21,22)(H,23,24,25);1H. The molecule has 1 aliphatic rings. The summed E-state index contributed by atoms with van der Waals surface area (Å²) in [4.78, 5) is 11.2. The number of rotatable bonds is 5. The van der Waals surface area contributed by atoms with Crippen molar-refractivity contribution in [2.45, 2.75) is 39.0 Å². The van der Waals surface area contributed by atoms with Crippen LogP contribution >= 0.6 is 24.0 Å². The lowest BCUT2D eigenvalue weighted by Gasteiger charge is -2.35. The van der Waals surface area contributed by atoms with Crippen LogP contribution in [-0.4, -0.2) is 52.7 Å². The molecule has 0 spiro atoms. The van der Waals surface area contributed by atoms with E-state index in [0.29, 0.717) is 5.92 Å². The fraction of sp³-hybridized carbons (Fsp3) is 0.550. The Balaban J connectivity index is 0.00000261. The van der Waals surface area contributed by atoms with E-state index in [4.69, 9.17) is 0 Å². The molecule has 148 valence electrons. The van der Waals surface area contributed by atoms with Crippen LogP contribution in [0.4, 0.5) is 0 Å². The van der Waals surface area contributed by atoms with E-state index in [2.05, 4.69) is 74.6 Å². The molecule has 0 radical (unpaired) electrons. The highest BCUT2D eigenvalue weighted by Crippen LogP contribution is 2.25. The zero-order valence-corrected chi connectivity index (χ0v) is 18.8. The van der Waals surface area contributed by atoms with Crippen LogP contribution in [0.25, 0.3) is 0 Å². The summed E-state index contributed by atoms with van der Waals surface area (Å²) < 4.78 is 0. The van der Waals surface area contributed by atoms with Gasteiger partial charge in [-0.3, -0.25) is 10.1 Å². The number of halogens is 1. The molecule has 1 fully saturated rings. The van der Waals surface area contributed by atoms with Crippen molar-refractivity contribution in [2.75, 3.05) is 26.7 Å². The molecule has 0 atom stereocenters. The number of aromatic nitrogens is 3. The molecule has 0 amide bonds. The van der Waals surface area contributed by atoms with E-state index in [1.54, 1.807) is 6.33 Å². The van der Waals surface area contributed by atoms with E-state index in [1.165, 1.54) is 5.56 Å². The van der Waals surface area contributed by atoms with Crippen molar-refractivity contribution < 1.29 is 0 Å². The van der Waals surface area contributed by atoms with Crippen LogP contribution in [-0.2, 0) is 6.42 Å². The van der Waals surface area contributed by atoms with Gasteiger partial charge in [0.25, 0.3) is 0 Å². The van der Waals surface area contributed by atoms with Gasteiger partial charge in [-0.15, -0.1) is 24.0 Å². The number of likely N-dealkylation sites (tertiary alicyclic amines) is 1. The maximum atomic E-state index is 4.51. The lowest BCUT2D eigenvalue weighted by atomic mass is 9.85. The molecule has 0 saturated carbocycles. The van der Waals surface area contributed by atoms with Gasteiger partial charge in [0.2, 0.25) is 0 Å². The number of benzene rings is 1. The van der Waals surface area contributed by atoms with Crippen LogP contribution in [0.2, 0.25) is 0 Å². The van der Waals surface area contributed by atoms with E-state index in [9.17, 15) is 0 Å². The van der Waals surface area contributed by atoms with Crippen LogP contribution in [0.15, 0.2) is 41.7 Å². The normalized spacial score (nSPS) is 16.1. The topological polar surface area (TPSA) is 69.2 Å². The molecule has 27 heavy (non-hydrogen) atoms. The molecule has 1 aromatic heterocycles. The zero-order valence-electron chi connectivity index (χ0n) is 16.5. The Morgan fingerprint density at radius 2 is 1.96 bits per heavy atom. The predicted molar refractivity (Wildman–Crippen MR) is 121 cm³/mol. The molecule has 1 saturated heterocycles. The first-order valence-electron chi connectivity index (χ1n) is 9.42. The number of guanidine groups is 1. The van der Waals surface area contributed by atoms with Gasteiger partial charge in [0.1, 0.15) is 12.2 Å². The number of nitrogens with one attached hydrogen (secondary N) is 2. The molecule has 0 aliphatic carbocycles. The maximum absolute atomic E-state index is 4.51. The molecule has 2 N–H and O–H groups in total.